The Balaban J connectivity index is 0.000000261. The molecule has 0 saturated carbocycles. The van der Waals surface area contributed by atoms with Crippen LogP contribution in [0.5, 0.6) is 0 Å². The molecule has 0 aliphatic rings. The number of rotatable bonds is 0. The number of hydrogen-bond acceptors (Lipinski definition) is 1. The van der Waals surface area contributed by atoms with E-state index in [1.807, 2.05) is 24.3 Å². The van der Waals surface area contributed by atoms with Crippen LogP contribution >= 0.6 is 27.5 Å². The van der Waals surface area contributed by atoms with E-state index in [1.54, 1.807) is 0 Å². The SMILES string of the molecule is CC(=O)O.Clc1ccccc1Br. The summed E-state index contributed by atoms with van der Waals surface area (Å²) in [6, 6.07) is 7.57. The quantitative estimate of drug-likeness (QED) is 0.769. The number of carbonyl (C=O) groups is 1. The molecular weight excluding hydrogens is 243 g/mol. The van der Waals surface area contributed by atoms with E-state index >= 15 is 0 Å². The summed E-state index contributed by atoms with van der Waals surface area (Å²) >= 11 is 8.93. The van der Waals surface area contributed by atoms with E-state index in [0.717, 1.165) is 16.4 Å². The Kier molecular flexibility index (Phi) is 5.76. The van der Waals surface area contributed by atoms with Crippen molar-refractivity contribution in [2.75, 3.05) is 0 Å². The lowest BCUT2D eigenvalue weighted by atomic mass is 10.4. The zero-order valence-electron chi connectivity index (χ0n) is 6.42. The highest BCUT2D eigenvalue weighted by Crippen LogP contribution is 2.20. The summed E-state index contributed by atoms with van der Waals surface area (Å²) in [7, 11) is 0. The van der Waals surface area contributed by atoms with Crippen LogP contribution < -0.4 is 0 Å². The van der Waals surface area contributed by atoms with Gasteiger partial charge in [0.1, 0.15) is 0 Å². The van der Waals surface area contributed by atoms with Gasteiger partial charge in [0.05, 0.1) is 5.02 Å². The van der Waals surface area contributed by atoms with E-state index in [9.17, 15) is 0 Å². The van der Waals surface area contributed by atoms with Crippen LogP contribution in [0, 0.1) is 0 Å². The van der Waals surface area contributed by atoms with Crippen LogP contribution in [0.1, 0.15) is 6.92 Å². The van der Waals surface area contributed by atoms with Crippen LogP contribution in [0.25, 0.3) is 0 Å². The first-order valence-electron chi connectivity index (χ1n) is 3.13. The molecular formula is C8H8BrClO2. The monoisotopic (exact) mass is 250 g/mol. The molecule has 1 aromatic carbocycles. The first-order chi connectivity index (χ1) is 5.54. The molecule has 4 heteroatoms. The highest BCUT2D eigenvalue weighted by atomic mass is 79.9. The van der Waals surface area contributed by atoms with E-state index < -0.39 is 5.97 Å². The normalized spacial score (nSPS) is 8.25. The minimum absolute atomic E-state index is 0.757. The van der Waals surface area contributed by atoms with Crippen molar-refractivity contribution in [2.24, 2.45) is 0 Å². The van der Waals surface area contributed by atoms with Gasteiger partial charge < -0.3 is 5.11 Å². The molecule has 0 bridgehead atoms. The number of carboxylic acid groups (broad SMARTS) is 1. The number of carboxylic acids is 1. The maximum atomic E-state index is 9.00. The molecule has 0 heterocycles. The molecule has 1 aromatic rings. The maximum Gasteiger partial charge on any atom is 0.300 e. The molecule has 1 N–H and O–H groups in total. The predicted octanol–water partition coefficient (Wildman–Crippen LogP) is 3.19. The Bertz CT molecular complexity index is 238. The van der Waals surface area contributed by atoms with Crippen molar-refractivity contribution in [3.8, 4) is 0 Å². The van der Waals surface area contributed by atoms with Crippen LogP contribution in [-0.2, 0) is 4.79 Å². The molecule has 0 saturated heterocycles. The van der Waals surface area contributed by atoms with Crippen molar-refractivity contribution >= 4 is 33.5 Å². The lowest BCUT2D eigenvalue weighted by Gasteiger charge is -1.88. The molecule has 0 unspecified atom stereocenters. The highest BCUT2D eigenvalue weighted by Gasteiger charge is 1.88. The third kappa shape index (κ3) is 6.19. The molecule has 0 fully saturated rings. The summed E-state index contributed by atoms with van der Waals surface area (Å²) in [5, 5.41) is 8.17. The van der Waals surface area contributed by atoms with Crippen molar-refractivity contribution in [2.45, 2.75) is 6.92 Å². The fraction of sp³-hybridized carbons (Fsp3) is 0.125. The van der Waals surface area contributed by atoms with Crippen molar-refractivity contribution in [3.63, 3.8) is 0 Å². The van der Waals surface area contributed by atoms with Gasteiger partial charge in [0, 0.05) is 11.4 Å². The van der Waals surface area contributed by atoms with Crippen molar-refractivity contribution in [1.82, 2.24) is 0 Å². The second kappa shape index (κ2) is 6.03. The van der Waals surface area contributed by atoms with Gasteiger partial charge in [0.15, 0.2) is 0 Å². The Hall–Kier alpha value is -0.540. The van der Waals surface area contributed by atoms with E-state index in [-0.39, 0.29) is 0 Å². The molecule has 12 heavy (non-hydrogen) atoms. The predicted molar refractivity (Wildman–Crippen MR) is 52.5 cm³/mol. The van der Waals surface area contributed by atoms with Crippen LogP contribution in [0.4, 0.5) is 0 Å². The summed E-state index contributed by atoms with van der Waals surface area (Å²) in [4.78, 5) is 9.00. The zero-order valence-corrected chi connectivity index (χ0v) is 8.76. The van der Waals surface area contributed by atoms with Crippen molar-refractivity contribution < 1.29 is 9.90 Å². The second-order valence-corrected chi connectivity index (χ2v) is 3.19. The lowest BCUT2D eigenvalue weighted by Crippen LogP contribution is -1.78. The molecule has 0 atom stereocenters. The van der Waals surface area contributed by atoms with E-state index in [1.165, 1.54) is 0 Å². The minimum Gasteiger partial charge on any atom is -0.481 e. The molecule has 0 spiro atoms. The average molecular weight is 252 g/mol. The third-order valence-electron chi connectivity index (χ3n) is 0.824. The van der Waals surface area contributed by atoms with Crippen LogP contribution in [0.15, 0.2) is 28.7 Å². The average Bonchev–Trinajstić information content (AvgIpc) is 1.94. The summed E-state index contributed by atoms with van der Waals surface area (Å²) in [6.07, 6.45) is 0. The summed E-state index contributed by atoms with van der Waals surface area (Å²) in [5.41, 5.74) is 0. The van der Waals surface area contributed by atoms with Crippen LogP contribution in [0.3, 0.4) is 0 Å². The molecule has 0 aliphatic heterocycles. The van der Waals surface area contributed by atoms with Crippen molar-refractivity contribution in [3.05, 3.63) is 33.8 Å². The fourth-order valence-electron chi connectivity index (χ4n) is 0.439. The second-order valence-electron chi connectivity index (χ2n) is 1.93. The Morgan fingerprint density at radius 3 is 2.17 bits per heavy atom. The maximum absolute atomic E-state index is 9.00. The van der Waals surface area contributed by atoms with Gasteiger partial charge in [-0.05, 0) is 28.1 Å². The first kappa shape index (κ1) is 11.5. The fourth-order valence-corrected chi connectivity index (χ4v) is 0.860. The van der Waals surface area contributed by atoms with E-state index in [4.69, 9.17) is 21.5 Å². The van der Waals surface area contributed by atoms with Gasteiger partial charge in [-0.25, -0.2) is 0 Å². The molecule has 1 rings (SSSR count). The van der Waals surface area contributed by atoms with E-state index in [0.29, 0.717) is 0 Å². The van der Waals surface area contributed by atoms with Gasteiger partial charge >= 0.3 is 0 Å². The van der Waals surface area contributed by atoms with Gasteiger partial charge in [-0.3, -0.25) is 4.79 Å². The smallest absolute Gasteiger partial charge is 0.300 e. The standard InChI is InChI=1S/C6H4BrCl.C2H4O2/c7-5-3-1-2-4-6(5)8;1-2(3)4/h1-4H;1H3,(H,3,4). The van der Waals surface area contributed by atoms with Crippen LogP contribution in [0.2, 0.25) is 5.02 Å². The number of halogens is 2. The number of aliphatic carboxylic acids is 1. The largest absolute Gasteiger partial charge is 0.481 e. The highest BCUT2D eigenvalue weighted by molar-refractivity contribution is 9.10. The molecule has 66 valence electrons. The van der Waals surface area contributed by atoms with Gasteiger partial charge in [-0.1, -0.05) is 23.7 Å². The van der Waals surface area contributed by atoms with Gasteiger partial charge in [0.2, 0.25) is 0 Å². The topological polar surface area (TPSA) is 37.3 Å². The number of hydrogen-bond donors (Lipinski definition) is 1. The lowest BCUT2D eigenvalue weighted by molar-refractivity contribution is -0.134. The Morgan fingerprint density at radius 1 is 1.50 bits per heavy atom. The third-order valence-corrected chi connectivity index (χ3v) is 2.07. The molecule has 2 nitrogen and oxygen atoms in total. The molecule has 0 amide bonds. The first-order valence-corrected chi connectivity index (χ1v) is 4.30. The molecule has 0 aliphatic carbocycles. The number of benzene rings is 1. The zero-order chi connectivity index (χ0) is 9.56. The Morgan fingerprint density at radius 2 is 1.92 bits per heavy atom. The van der Waals surface area contributed by atoms with Gasteiger partial charge in [-0.2, -0.15) is 0 Å². The van der Waals surface area contributed by atoms with Gasteiger partial charge in [-0.15, -0.1) is 0 Å². The Labute approximate surface area is 84.3 Å². The van der Waals surface area contributed by atoms with Crippen molar-refractivity contribution in [1.29, 1.82) is 0 Å². The van der Waals surface area contributed by atoms with Gasteiger partial charge in [0.25, 0.3) is 5.97 Å². The summed E-state index contributed by atoms with van der Waals surface area (Å²) < 4.78 is 0.946. The molecule has 0 aromatic heterocycles. The molecule has 0 radical (unpaired) electrons. The van der Waals surface area contributed by atoms with Crippen LogP contribution in [-0.4, -0.2) is 11.1 Å². The minimum atomic E-state index is -0.833. The summed E-state index contributed by atoms with van der Waals surface area (Å²) in [6.45, 7) is 1.08. The van der Waals surface area contributed by atoms with E-state index in [2.05, 4.69) is 15.9 Å². The summed E-state index contributed by atoms with van der Waals surface area (Å²) in [5.74, 6) is -0.833.